The number of nitrogens with zero attached hydrogens (tertiary/aromatic N) is 1. The number of carbonyl (C=O) groups is 2. The van der Waals surface area contributed by atoms with E-state index in [2.05, 4.69) is 9.69 Å². The van der Waals surface area contributed by atoms with Gasteiger partial charge in [0.1, 0.15) is 16.3 Å². The van der Waals surface area contributed by atoms with Crippen LogP contribution in [0.4, 0.5) is 5.00 Å². The van der Waals surface area contributed by atoms with Crippen LogP contribution in [0.25, 0.3) is 0 Å². The van der Waals surface area contributed by atoms with E-state index < -0.39 is 11.9 Å². The molecule has 0 spiro atoms. The first-order valence-electron chi connectivity index (χ1n) is 6.09. The summed E-state index contributed by atoms with van der Waals surface area (Å²) < 4.78 is 9.12. The molecule has 2 N–H and O–H groups in total. The van der Waals surface area contributed by atoms with Crippen molar-refractivity contribution >= 4 is 28.4 Å². The smallest absolute Gasteiger partial charge is 0.340 e. The Hall–Kier alpha value is -2.41. The molecule has 110 valence electrons. The molecule has 0 unspecified atom stereocenters. The molecule has 0 saturated carbocycles. The summed E-state index contributed by atoms with van der Waals surface area (Å²) in [5.41, 5.74) is 1.70. The second-order valence-electron chi connectivity index (χ2n) is 4.42. The number of carboxylic acids is 1. The summed E-state index contributed by atoms with van der Waals surface area (Å²) >= 11 is 0.947. The minimum Gasteiger partial charge on any atom is -0.496 e. The van der Waals surface area contributed by atoms with Crippen LogP contribution in [0.3, 0.4) is 0 Å². The van der Waals surface area contributed by atoms with Gasteiger partial charge in [0.15, 0.2) is 0 Å². The third kappa shape index (κ3) is 3.03. The Bertz CT molecular complexity index is 709. The molecule has 0 bridgehead atoms. The molecule has 0 fully saturated rings. The van der Waals surface area contributed by atoms with Crippen molar-refractivity contribution in [3.05, 3.63) is 40.6 Å². The van der Waals surface area contributed by atoms with E-state index in [4.69, 9.17) is 9.84 Å². The Morgan fingerprint density at radius 2 is 2.05 bits per heavy atom. The van der Waals surface area contributed by atoms with Gasteiger partial charge in [0.05, 0.1) is 12.8 Å². The summed E-state index contributed by atoms with van der Waals surface area (Å²) in [5, 5.41) is 11.9. The van der Waals surface area contributed by atoms with Crippen LogP contribution in [0.1, 0.15) is 32.0 Å². The quantitative estimate of drug-likeness (QED) is 0.906. The number of rotatable bonds is 4. The van der Waals surface area contributed by atoms with Crippen molar-refractivity contribution in [3.63, 3.8) is 0 Å². The van der Waals surface area contributed by atoms with E-state index in [-0.39, 0.29) is 10.6 Å². The summed E-state index contributed by atoms with van der Waals surface area (Å²) in [6, 6.07) is 5.03. The van der Waals surface area contributed by atoms with E-state index in [1.807, 2.05) is 6.92 Å². The first kappa shape index (κ1) is 15.0. The molecule has 1 amide bonds. The van der Waals surface area contributed by atoms with Crippen LogP contribution in [0.2, 0.25) is 0 Å². The summed E-state index contributed by atoms with van der Waals surface area (Å²) in [7, 11) is 1.53. The zero-order valence-electron chi connectivity index (χ0n) is 11.8. The average molecular weight is 306 g/mol. The van der Waals surface area contributed by atoms with Crippen LogP contribution < -0.4 is 10.1 Å². The van der Waals surface area contributed by atoms with Gasteiger partial charge < -0.3 is 15.2 Å². The minimum atomic E-state index is -1.11. The summed E-state index contributed by atoms with van der Waals surface area (Å²) in [6.07, 6.45) is 0. The summed E-state index contributed by atoms with van der Waals surface area (Å²) in [6.45, 7) is 3.46. The highest BCUT2D eigenvalue weighted by atomic mass is 32.1. The number of anilines is 1. The topological polar surface area (TPSA) is 88.5 Å². The van der Waals surface area contributed by atoms with Crippen molar-refractivity contribution in [2.75, 3.05) is 12.4 Å². The fourth-order valence-corrected chi connectivity index (χ4v) is 2.63. The van der Waals surface area contributed by atoms with Gasteiger partial charge in [-0.15, -0.1) is 0 Å². The minimum absolute atomic E-state index is 0.0208. The predicted octanol–water partition coefficient (Wildman–Crippen LogP) is 2.72. The maximum atomic E-state index is 12.2. The molecular weight excluding hydrogens is 292 g/mol. The lowest BCUT2D eigenvalue weighted by Crippen LogP contribution is -2.13. The third-order valence-electron chi connectivity index (χ3n) is 2.97. The number of nitrogens with one attached hydrogen (secondary N) is 1. The highest BCUT2D eigenvalue weighted by Gasteiger charge is 2.20. The number of aromatic nitrogens is 1. The summed E-state index contributed by atoms with van der Waals surface area (Å²) in [4.78, 5) is 23.4. The SMILES string of the molecule is COc1cc(C(=O)Nc2snc(C)c2C(=O)O)ccc1C. The van der Waals surface area contributed by atoms with Gasteiger partial charge in [-0.1, -0.05) is 6.07 Å². The fourth-order valence-electron chi connectivity index (χ4n) is 1.84. The van der Waals surface area contributed by atoms with Gasteiger partial charge in [0.25, 0.3) is 5.91 Å². The predicted molar refractivity (Wildman–Crippen MR) is 79.5 cm³/mol. The molecule has 0 saturated heterocycles. The molecule has 7 heteroatoms. The highest BCUT2D eigenvalue weighted by Crippen LogP contribution is 2.26. The molecule has 0 aliphatic rings. The zero-order valence-corrected chi connectivity index (χ0v) is 12.6. The van der Waals surface area contributed by atoms with E-state index in [1.165, 1.54) is 7.11 Å². The third-order valence-corrected chi connectivity index (χ3v) is 3.83. The number of ether oxygens (including phenoxy) is 1. The van der Waals surface area contributed by atoms with Crippen molar-refractivity contribution in [3.8, 4) is 5.75 Å². The Balaban J connectivity index is 2.28. The maximum absolute atomic E-state index is 12.2. The van der Waals surface area contributed by atoms with Crippen molar-refractivity contribution in [2.45, 2.75) is 13.8 Å². The van der Waals surface area contributed by atoms with Crippen molar-refractivity contribution in [2.24, 2.45) is 0 Å². The standard InChI is InChI=1S/C14H14N2O4S/c1-7-4-5-9(6-10(7)20-3)12(17)15-13-11(14(18)19)8(2)16-21-13/h4-6H,1-3H3,(H,15,17)(H,18,19). The van der Waals surface area contributed by atoms with Crippen LogP contribution >= 0.6 is 11.5 Å². The van der Waals surface area contributed by atoms with E-state index in [1.54, 1.807) is 25.1 Å². The number of benzene rings is 1. The second-order valence-corrected chi connectivity index (χ2v) is 5.19. The number of methoxy groups -OCH3 is 1. The number of hydrogen-bond acceptors (Lipinski definition) is 5. The Kier molecular flexibility index (Phi) is 4.23. The lowest BCUT2D eigenvalue weighted by Gasteiger charge is -2.08. The second kappa shape index (κ2) is 5.92. The first-order valence-corrected chi connectivity index (χ1v) is 6.87. The zero-order chi connectivity index (χ0) is 15.6. The molecule has 0 aliphatic heterocycles. The monoisotopic (exact) mass is 306 g/mol. The molecular formula is C14H14N2O4S. The van der Waals surface area contributed by atoms with Crippen molar-refractivity contribution in [1.82, 2.24) is 4.37 Å². The molecule has 1 aromatic carbocycles. The van der Waals surface area contributed by atoms with Crippen molar-refractivity contribution < 1.29 is 19.4 Å². The van der Waals surface area contributed by atoms with Gasteiger partial charge in [-0.25, -0.2) is 4.79 Å². The maximum Gasteiger partial charge on any atom is 0.340 e. The molecule has 0 aliphatic carbocycles. The molecule has 2 rings (SSSR count). The molecule has 21 heavy (non-hydrogen) atoms. The lowest BCUT2D eigenvalue weighted by atomic mass is 10.1. The average Bonchev–Trinajstić information content (AvgIpc) is 2.80. The number of carboxylic acid groups (broad SMARTS) is 1. The van der Waals surface area contributed by atoms with Gasteiger partial charge in [-0.05, 0) is 43.1 Å². The Labute approximate surface area is 125 Å². The van der Waals surface area contributed by atoms with E-state index >= 15 is 0 Å². The Morgan fingerprint density at radius 1 is 1.33 bits per heavy atom. The van der Waals surface area contributed by atoms with Crippen LogP contribution in [-0.4, -0.2) is 28.5 Å². The van der Waals surface area contributed by atoms with Crippen molar-refractivity contribution in [1.29, 1.82) is 0 Å². The van der Waals surface area contributed by atoms with E-state index in [0.717, 1.165) is 17.1 Å². The highest BCUT2D eigenvalue weighted by molar-refractivity contribution is 7.11. The van der Waals surface area contributed by atoms with Gasteiger partial charge in [-0.3, -0.25) is 4.79 Å². The van der Waals surface area contributed by atoms with Crippen LogP contribution in [0.15, 0.2) is 18.2 Å². The van der Waals surface area contributed by atoms with E-state index in [0.29, 0.717) is 17.0 Å². The molecule has 1 heterocycles. The van der Waals surface area contributed by atoms with Crippen LogP contribution in [0, 0.1) is 13.8 Å². The first-order chi connectivity index (χ1) is 9.93. The fraction of sp³-hybridized carbons (Fsp3) is 0.214. The number of hydrogen-bond donors (Lipinski definition) is 2. The lowest BCUT2D eigenvalue weighted by molar-refractivity contribution is 0.0697. The largest absolute Gasteiger partial charge is 0.496 e. The summed E-state index contributed by atoms with van der Waals surface area (Å²) in [5.74, 6) is -0.918. The van der Waals surface area contributed by atoms with Crippen LogP contribution in [0.5, 0.6) is 5.75 Å². The number of aryl methyl sites for hydroxylation is 2. The van der Waals surface area contributed by atoms with Gasteiger partial charge in [0.2, 0.25) is 0 Å². The van der Waals surface area contributed by atoms with Gasteiger partial charge in [0, 0.05) is 5.56 Å². The van der Waals surface area contributed by atoms with Crippen LogP contribution in [-0.2, 0) is 0 Å². The molecule has 2 aromatic rings. The normalized spacial score (nSPS) is 10.2. The molecule has 1 aromatic heterocycles. The Morgan fingerprint density at radius 3 is 2.67 bits per heavy atom. The molecule has 0 atom stereocenters. The molecule has 0 radical (unpaired) electrons. The van der Waals surface area contributed by atoms with Gasteiger partial charge >= 0.3 is 5.97 Å². The van der Waals surface area contributed by atoms with E-state index in [9.17, 15) is 9.59 Å². The number of carbonyl (C=O) groups excluding carboxylic acids is 1. The van der Waals surface area contributed by atoms with Gasteiger partial charge in [-0.2, -0.15) is 4.37 Å². The number of aromatic carboxylic acids is 1. The molecule has 6 nitrogen and oxygen atoms in total. The number of amides is 1.